The predicted molar refractivity (Wildman–Crippen MR) is 123 cm³/mol. The minimum atomic E-state index is -0.330. The van der Waals surface area contributed by atoms with Crippen LogP contribution in [-0.4, -0.2) is 46.5 Å². The van der Waals surface area contributed by atoms with Gasteiger partial charge in [0.1, 0.15) is 11.6 Å². The molecule has 9 heteroatoms. The van der Waals surface area contributed by atoms with Crippen LogP contribution in [-0.2, 0) is 6.54 Å². The summed E-state index contributed by atoms with van der Waals surface area (Å²) in [6.45, 7) is 4.04. The fourth-order valence-corrected chi connectivity index (χ4v) is 3.55. The zero-order valence-corrected chi connectivity index (χ0v) is 18.8. The molecule has 2 aromatic heterocycles. The fraction of sp³-hybridized carbons (Fsp3) is 0.250. The Kier molecular flexibility index (Phi) is 6.12. The molecule has 1 amide bonds. The van der Waals surface area contributed by atoms with Gasteiger partial charge in [0.25, 0.3) is 11.5 Å². The molecule has 4 aromatic rings. The number of fused-ring (bicyclic) bond motifs is 1. The number of carbonyl (C=O) groups excluding carboxylic acids is 1. The summed E-state index contributed by atoms with van der Waals surface area (Å²) < 4.78 is 16.3. The number of rotatable bonds is 7. The van der Waals surface area contributed by atoms with Gasteiger partial charge in [-0.25, -0.2) is 9.97 Å². The van der Waals surface area contributed by atoms with E-state index in [9.17, 15) is 9.59 Å². The monoisotopic (exact) mass is 448 g/mol. The van der Waals surface area contributed by atoms with Gasteiger partial charge in [-0.05, 0) is 32.0 Å². The largest absolute Gasteiger partial charge is 0.493 e. The van der Waals surface area contributed by atoms with Crippen LogP contribution in [0.25, 0.3) is 22.4 Å². The Bertz CT molecular complexity index is 1360. The van der Waals surface area contributed by atoms with Gasteiger partial charge in [-0.15, -0.1) is 0 Å². The summed E-state index contributed by atoms with van der Waals surface area (Å²) in [5.74, 6) is 1.74. The van der Waals surface area contributed by atoms with E-state index in [4.69, 9.17) is 13.9 Å². The van der Waals surface area contributed by atoms with E-state index in [0.717, 1.165) is 5.56 Å². The molecular weight excluding hydrogens is 424 g/mol. The van der Waals surface area contributed by atoms with E-state index in [1.165, 1.54) is 14.2 Å². The Morgan fingerprint density at radius 1 is 1.09 bits per heavy atom. The van der Waals surface area contributed by atoms with Gasteiger partial charge in [0.05, 0.1) is 31.7 Å². The number of aromatic amines is 1. The average Bonchev–Trinajstić information content (AvgIpc) is 3.23. The van der Waals surface area contributed by atoms with Crippen LogP contribution in [0.1, 0.15) is 29.0 Å². The molecule has 0 radical (unpaired) electrons. The molecule has 0 aliphatic heterocycles. The number of ether oxygens (including phenoxy) is 2. The lowest BCUT2D eigenvalue weighted by Gasteiger charge is -2.19. The molecule has 0 fully saturated rings. The minimum absolute atomic E-state index is 0.0990. The maximum atomic E-state index is 13.2. The molecule has 0 aliphatic carbocycles. The molecule has 0 unspecified atom stereocenters. The van der Waals surface area contributed by atoms with Crippen molar-refractivity contribution in [3.63, 3.8) is 0 Å². The molecule has 0 atom stereocenters. The fourth-order valence-electron chi connectivity index (χ4n) is 3.55. The van der Waals surface area contributed by atoms with E-state index in [1.807, 2.05) is 37.3 Å². The van der Waals surface area contributed by atoms with Crippen molar-refractivity contribution in [1.29, 1.82) is 0 Å². The number of nitrogens with zero attached hydrogens (tertiary/aromatic N) is 3. The predicted octanol–water partition coefficient (Wildman–Crippen LogP) is 3.57. The average molecular weight is 448 g/mol. The normalized spacial score (nSPS) is 10.9. The van der Waals surface area contributed by atoms with Crippen LogP contribution in [0, 0.1) is 6.92 Å². The topological polar surface area (TPSA) is 111 Å². The van der Waals surface area contributed by atoms with Gasteiger partial charge in [0.15, 0.2) is 17.2 Å². The summed E-state index contributed by atoms with van der Waals surface area (Å²) in [5.41, 5.74) is 1.13. The third kappa shape index (κ3) is 4.30. The maximum Gasteiger partial charge on any atom is 0.276 e. The Morgan fingerprint density at radius 3 is 2.45 bits per heavy atom. The van der Waals surface area contributed by atoms with Gasteiger partial charge >= 0.3 is 0 Å². The highest BCUT2D eigenvalue weighted by Gasteiger charge is 2.24. The van der Waals surface area contributed by atoms with E-state index in [-0.39, 0.29) is 23.7 Å². The number of amides is 1. The minimum Gasteiger partial charge on any atom is -0.493 e. The number of aryl methyl sites for hydroxylation is 1. The Balaban J connectivity index is 1.64. The lowest BCUT2D eigenvalue weighted by Crippen LogP contribution is -2.32. The lowest BCUT2D eigenvalue weighted by atomic mass is 10.2. The Morgan fingerprint density at radius 2 is 1.79 bits per heavy atom. The van der Waals surface area contributed by atoms with Crippen molar-refractivity contribution in [1.82, 2.24) is 19.9 Å². The van der Waals surface area contributed by atoms with E-state index in [0.29, 0.717) is 46.4 Å². The molecule has 4 rings (SSSR count). The van der Waals surface area contributed by atoms with Crippen molar-refractivity contribution < 1.29 is 18.7 Å². The molecule has 9 nitrogen and oxygen atoms in total. The zero-order valence-electron chi connectivity index (χ0n) is 18.8. The van der Waals surface area contributed by atoms with Crippen LogP contribution in [0.5, 0.6) is 11.5 Å². The van der Waals surface area contributed by atoms with E-state index in [1.54, 1.807) is 24.0 Å². The van der Waals surface area contributed by atoms with E-state index < -0.39 is 0 Å². The first-order chi connectivity index (χ1) is 15.9. The van der Waals surface area contributed by atoms with E-state index >= 15 is 0 Å². The molecule has 0 aliphatic rings. The first kappa shape index (κ1) is 22.1. The lowest BCUT2D eigenvalue weighted by molar-refractivity contribution is 0.0741. The van der Waals surface area contributed by atoms with Crippen LogP contribution in [0.2, 0.25) is 0 Å². The second kappa shape index (κ2) is 9.15. The summed E-state index contributed by atoms with van der Waals surface area (Å²) in [6.07, 6.45) is 0. The second-order valence-electron chi connectivity index (χ2n) is 7.35. The second-order valence-corrected chi connectivity index (χ2v) is 7.35. The maximum absolute atomic E-state index is 13.2. The summed E-state index contributed by atoms with van der Waals surface area (Å²) in [6, 6.07) is 12.6. The standard InChI is InChI=1S/C24H24N4O5/c1-5-28(24(30)21-14(2)33-23(27-21)15-9-7-6-8-10-15)13-20-25-17-12-19(32-4)18(31-3)11-16(17)22(29)26-20/h6-12H,5,13H2,1-4H3,(H,25,26,29). The van der Waals surface area contributed by atoms with Gasteiger partial charge in [0.2, 0.25) is 5.89 Å². The molecular formula is C24H24N4O5. The van der Waals surface area contributed by atoms with Gasteiger partial charge in [0, 0.05) is 18.2 Å². The highest BCUT2D eigenvalue weighted by Crippen LogP contribution is 2.30. The number of oxazole rings is 1. The first-order valence-corrected chi connectivity index (χ1v) is 10.4. The third-order valence-electron chi connectivity index (χ3n) is 5.29. The number of aromatic nitrogens is 3. The van der Waals surface area contributed by atoms with Crippen molar-refractivity contribution in [2.24, 2.45) is 0 Å². The molecule has 0 bridgehead atoms. The zero-order chi connectivity index (χ0) is 23.5. The number of hydrogen-bond donors (Lipinski definition) is 1. The molecule has 33 heavy (non-hydrogen) atoms. The van der Waals surface area contributed by atoms with Crippen molar-refractivity contribution >= 4 is 16.8 Å². The molecule has 0 saturated heterocycles. The molecule has 2 aromatic carbocycles. The highest BCUT2D eigenvalue weighted by atomic mass is 16.5. The first-order valence-electron chi connectivity index (χ1n) is 10.4. The third-order valence-corrected chi connectivity index (χ3v) is 5.29. The van der Waals surface area contributed by atoms with Crippen LogP contribution in [0.3, 0.4) is 0 Å². The molecule has 2 heterocycles. The summed E-state index contributed by atoms with van der Waals surface area (Å²) >= 11 is 0. The summed E-state index contributed by atoms with van der Waals surface area (Å²) in [7, 11) is 3.01. The van der Waals surface area contributed by atoms with Crippen molar-refractivity contribution in [2.45, 2.75) is 20.4 Å². The number of hydrogen-bond acceptors (Lipinski definition) is 7. The Hall–Kier alpha value is -4.14. The van der Waals surface area contributed by atoms with Crippen molar-refractivity contribution in [3.8, 4) is 23.0 Å². The summed E-state index contributed by atoms with van der Waals surface area (Å²) in [4.78, 5) is 39.1. The van der Waals surface area contributed by atoms with Crippen LogP contribution in [0.4, 0.5) is 0 Å². The molecule has 1 N–H and O–H groups in total. The van der Waals surface area contributed by atoms with Crippen molar-refractivity contribution in [2.75, 3.05) is 20.8 Å². The summed E-state index contributed by atoms with van der Waals surface area (Å²) in [5, 5.41) is 0.366. The highest BCUT2D eigenvalue weighted by molar-refractivity contribution is 5.93. The van der Waals surface area contributed by atoms with Gasteiger partial charge < -0.3 is 23.8 Å². The van der Waals surface area contributed by atoms with Crippen LogP contribution >= 0.6 is 0 Å². The number of carbonyl (C=O) groups is 1. The van der Waals surface area contributed by atoms with Crippen LogP contribution in [0.15, 0.2) is 51.7 Å². The molecule has 0 saturated carbocycles. The quantitative estimate of drug-likeness (QED) is 0.460. The molecule has 0 spiro atoms. The van der Waals surface area contributed by atoms with Crippen LogP contribution < -0.4 is 15.0 Å². The van der Waals surface area contributed by atoms with Gasteiger partial charge in [-0.1, -0.05) is 18.2 Å². The number of benzene rings is 2. The Labute approximate surface area is 190 Å². The van der Waals surface area contributed by atoms with Gasteiger partial charge in [-0.3, -0.25) is 9.59 Å². The number of H-pyrrole nitrogens is 1. The SMILES string of the molecule is CCN(Cc1nc2cc(OC)c(OC)cc2c(=O)[nH]1)C(=O)c1nc(-c2ccccc2)oc1C. The number of nitrogens with one attached hydrogen (secondary N) is 1. The smallest absolute Gasteiger partial charge is 0.276 e. The molecule has 170 valence electrons. The van der Waals surface area contributed by atoms with Crippen molar-refractivity contribution in [3.05, 3.63) is 70.1 Å². The van der Waals surface area contributed by atoms with E-state index in [2.05, 4.69) is 15.0 Å². The van der Waals surface area contributed by atoms with Gasteiger partial charge in [-0.2, -0.15) is 0 Å². The number of methoxy groups -OCH3 is 2.